The second kappa shape index (κ2) is 6.74. The van der Waals surface area contributed by atoms with Gasteiger partial charge in [-0.05, 0) is 37.3 Å². The molecule has 0 unspecified atom stereocenters. The van der Waals surface area contributed by atoms with Crippen molar-refractivity contribution in [3.63, 3.8) is 0 Å². The zero-order chi connectivity index (χ0) is 18.0. The molecule has 0 aliphatic heterocycles. The third-order valence-electron chi connectivity index (χ3n) is 3.39. The van der Waals surface area contributed by atoms with Crippen molar-refractivity contribution in [2.24, 2.45) is 0 Å². The fourth-order valence-corrected chi connectivity index (χ4v) is 2.48. The van der Waals surface area contributed by atoms with E-state index in [1.54, 1.807) is 18.2 Å². The number of aryl methyl sites for hydroxylation is 1. The number of nitrogens with zero attached hydrogens (tertiary/aromatic N) is 2. The van der Waals surface area contributed by atoms with Crippen molar-refractivity contribution in [3.05, 3.63) is 75.1 Å². The SMILES string of the molecule is Cc1cccc(NC(=O)c2ccc(-c3ccc([N+](=O)[O-])cc3Cl)o2)n1. The predicted molar refractivity (Wildman–Crippen MR) is 92.7 cm³/mol. The summed E-state index contributed by atoms with van der Waals surface area (Å²) in [5.74, 6) is 0.369. The highest BCUT2D eigenvalue weighted by Gasteiger charge is 2.16. The zero-order valence-corrected chi connectivity index (χ0v) is 13.8. The molecule has 3 rings (SSSR count). The van der Waals surface area contributed by atoms with Gasteiger partial charge in [0.05, 0.1) is 9.95 Å². The summed E-state index contributed by atoms with van der Waals surface area (Å²) in [6.45, 7) is 1.82. The lowest BCUT2D eigenvalue weighted by Gasteiger charge is -2.03. The number of carbonyl (C=O) groups is 1. The molecular formula is C17H12ClN3O4. The minimum absolute atomic E-state index is 0.0766. The number of nitro benzene ring substituents is 1. The van der Waals surface area contributed by atoms with Crippen LogP contribution in [-0.2, 0) is 0 Å². The van der Waals surface area contributed by atoms with Gasteiger partial charge in [0.1, 0.15) is 11.6 Å². The molecule has 8 heteroatoms. The molecule has 25 heavy (non-hydrogen) atoms. The summed E-state index contributed by atoms with van der Waals surface area (Å²) in [6, 6.07) is 12.4. The molecule has 0 fully saturated rings. The van der Waals surface area contributed by atoms with Gasteiger partial charge in [-0.2, -0.15) is 0 Å². The first-order valence-electron chi connectivity index (χ1n) is 7.23. The van der Waals surface area contributed by atoms with E-state index in [4.69, 9.17) is 16.0 Å². The highest BCUT2D eigenvalue weighted by atomic mass is 35.5. The molecule has 0 saturated heterocycles. The normalized spacial score (nSPS) is 10.5. The number of pyridine rings is 1. The Labute approximate surface area is 147 Å². The Kier molecular flexibility index (Phi) is 4.49. The number of hydrogen-bond acceptors (Lipinski definition) is 5. The Morgan fingerprint density at radius 2 is 2.04 bits per heavy atom. The molecule has 0 saturated carbocycles. The number of aromatic nitrogens is 1. The number of rotatable bonds is 4. The van der Waals surface area contributed by atoms with E-state index in [-0.39, 0.29) is 16.5 Å². The molecule has 2 aromatic heterocycles. The van der Waals surface area contributed by atoms with Crippen LogP contribution in [0.5, 0.6) is 0 Å². The summed E-state index contributed by atoms with van der Waals surface area (Å²) in [5.41, 5.74) is 1.11. The monoisotopic (exact) mass is 357 g/mol. The number of non-ortho nitro benzene ring substituents is 1. The highest BCUT2D eigenvalue weighted by molar-refractivity contribution is 6.33. The van der Waals surface area contributed by atoms with E-state index < -0.39 is 10.8 Å². The van der Waals surface area contributed by atoms with E-state index in [0.29, 0.717) is 17.1 Å². The molecule has 0 radical (unpaired) electrons. The van der Waals surface area contributed by atoms with Crippen molar-refractivity contribution in [1.82, 2.24) is 4.98 Å². The number of carbonyl (C=O) groups excluding carboxylic acids is 1. The third kappa shape index (κ3) is 3.67. The molecule has 0 aliphatic carbocycles. The zero-order valence-electron chi connectivity index (χ0n) is 13.0. The topological polar surface area (TPSA) is 98.3 Å². The predicted octanol–water partition coefficient (Wildman–Crippen LogP) is 4.46. The first kappa shape index (κ1) is 16.7. The second-order valence-corrected chi connectivity index (χ2v) is 5.61. The third-order valence-corrected chi connectivity index (χ3v) is 3.70. The minimum Gasteiger partial charge on any atom is -0.451 e. The fraction of sp³-hybridized carbons (Fsp3) is 0.0588. The van der Waals surface area contributed by atoms with Crippen molar-refractivity contribution in [1.29, 1.82) is 0 Å². The molecule has 7 nitrogen and oxygen atoms in total. The van der Waals surface area contributed by atoms with Crippen molar-refractivity contribution in [2.75, 3.05) is 5.32 Å². The summed E-state index contributed by atoms with van der Waals surface area (Å²) in [4.78, 5) is 26.6. The van der Waals surface area contributed by atoms with Crippen LogP contribution in [-0.4, -0.2) is 15.8 Å². The summed E-state index contributed by atoms with van der Waals surface area (Å²) < 4.78 is 5.52. The molecule has 1 N–H and O–H groups in total. The molecule has 126 valence electrons. The Balaban J connectivity index is 1.82. The Hall–Kier alpha value is -3.19. The molecule has 0 bridgehead atoms. The average molecular weight is 358 g/mol. The standard InChI is InChI=1S/C17H12ClN3O4/c1-10-3-2-4-16(19-10)20-17(22)15-8-7-14(25-15)12-6-5-11(21(23)24)9-13(12)18/h2-9H,1H3,(H,19,20,22). The number of hydrogen-bond donors (Lipinski definition) is 1. The number of furan rings is 1. The number of nitrogens with one attached hydrogen (secondary N) is 1. The van der Waals surface area contributed by atoms with Crippen LogP contribution in [0.4, 0.5) is 11.5 Å². The quantitative estimate of drug-likeness (QED) is 0.549. The van der Waals surface area contributed by atoms with E-state index in [0.717, 1.165) is 5.69 Å². The van der Waals surface area contributed by atoms with Crippen molar-refractivity contribution < 1.29 is 14.1 Å². The van der Waals surface area contributed by atoms with E-state index in [9.17, 15) is 14.9 Å². The van der Waals surface area contributed by atoms with E-state index >= 15 is 0 Å². The van der Waals surface area contributed by atoms with E-state index in [1.165, 1.54) is 24.3 Å². The maximum Gasteiger partial charge on any atom is 0.292 e. The van der Waals surface area contributed by atoms with Gasteiger partial charge in [-0.3, -0.25) is 14.9 Å². The van der Waals surface area contributed by atoms with Crippen LogP contribution >= 0.6 is 11.6 Å². The maximum atomic E-state index is 12.2. The molecule has 0 aliphatic rings. The first-order chi connectivity index (χ1) is 11.9. The Morgan fingerprint density at radius 3 is 2.72 bits per heavy atom. The lowest BCUT2D eigenvalue weighted by atomic mass is 10.1. The van der Waals surface area contributed by atoms with Gasteiger partial charge in [0.2, 0.25) is 0 Å². The van der Waals surface area contributed by atoms with Gasteiger partial charge in [0.25, 0.3) is 11.6 Å². The second-order valence-electron chi connectivity index (χ2n) is 5.20. The van der Waals surface area contributed by atoms with Gasteiger partial charge in [0.15, 0.2) is 5.76 Å². The lowest BCUT2D eigenvalue weighted by molar-refractivity contribution is -0.384. The molecule has 1 amide bonds. The van der Waals surface area contributed by atoms with Crippen LogP contribution in [0, 0.1) is 17.0 Å². The van der Waals surface area contributed by atoms with Crippen LogP contribution < -0.4 is 5.32 Å². The number of nitro groups is 1. The van der Waals surface area contributed by atoms with Crippen molar-refractivity contribution in [2.45, 2.75) is 6.92 Å². The van der Waals surface area contributed by atoms with Gasteiger partial charge in [-0.15, -0.1) is 0 Å². The van der Waals surface area contributed by atoms with E-state index in [1.807, 2.05) is 13.0 Å². The van der Waals surface area contributed by atoms with Crippen LogP contribution in [0.2, 0.25) is 5.02 Å². The molecule has 3 aromatic rings. The van der Waals surface area contributed by atoms with Gasteiger partial charge in [0, 0.05) is 23.4 Å². The number of anilines is 1. The smallest absolute Gasteiger partial charge is 0.292 e. The lowest BCUT2D eigenvalue weighted by Crippen LogP contribution is -2.12. The molecule has 0 atom stereocenters. The van der Waals surface area contributed by atoms with Crippen molar-refractivity contribution >= 4 is 29.0 Å². The van der Waals surface area contributed by atoms with Crippen LogP contribution in [0.3, 0.4) is 0 Å². The molecule has 0 spiro atoms. The first-order valence-corrected chi connectivity index (χ1v) is 7.61. The largest absolute Gasteiger partial charge is 0.451 e. The Bertz CT molecular complexity index is 968. The fourth-order valence-electron chi connectivity index (χ4n) is 2.21. The molecule has 1 aromatic carbocycles. The van der Waals surface area contributed by atoms with Crippen molar-refractivity contribution in [3.8, 4) is 11.3 Å². The summed E-state index contributed by atoms with van der Waals surface area (Å²) >= 11 is 6.07. The highest BCUT2D eigenvalue weighted by Crippen LogP contribution is 2.32. The van der Waals surface area contributed by atoms with E-state index in [2.05, 4.69) is 10.3 Å². The molecule has 2 heterocycles. The summed E-state index contributed by atoms with van der Waals surface area (Å²) in [6.07, 6.45) is 0. The maximum absolute atomic E-state index is 12.2. The van der Waals surface area contributed by atoms with Gasteiger partial charge >= 0.3 is 0 Å². The van der Waals surface area contributed by atoms with Crippen LogP contribution in [0.15, 0.2) is 52.9 Å². The molecular weight excluding hydrogens is 346 g/mol. The summed E-state index contributed by atoms with van der Waals surface area (Å²) in [7, 11) is 0. The van der Waals surface area contributed by atoms with Crippen LogP contribution in [0.25, 0.3) is 11.3 Å². The van der Waals surface area contributed by atoms with Gasteiger partial charge in [-0.25, -0.2) is 4.98 Å². The van der Waals surface area contributed by atoms with Gasteiger partial charge < -0.3 is 9.73 Å². The number of benzene rings is 1. The van der Waals surface area contributed by atoms with Gasteiger partial charge in [-0.1, -0.05) is 17.7 Å². The Morgan fingerprint density at radius 1 is 1.24 bits per heavy atom. The number of amides is 1. The summed E-state index contributed by atoms with van der Waals surface area (Å²) in [5, 5.41) is 13.6. The van der Waals surface area contributed by atoms with Crippen LogP contribution in [0.1, 0.15) is 16.2 Å². The average Bonchev–Trinajstić information content (AvgIpc) is 3.04. The number of halogens is 1. The minimum atomic E-state index is -0.536.